The first-order valence-electron chi connectivity index (χ1n) is 7.30. The average molecular weight is 298 g/mol. The number of nitrogens with one attached hydrogen (secondary N) is 1. The van der Waals surface area contributed by atoms with Crippen LogP contribution in [0.3, 0.4) is 0 Å². The Balaban J connectivity index is 1.46. The molecule has 3 rings (SSSR count). The Morgan fingerprint density at radius 2 is 2.14 bits per heavy atom. The second kappa shape index (κ2) is 7.15. The van der Waals surface area contributed by atoms with Crippen molar-refractivity contribution in [1.29, 1.82) is 0 Å². The fourth-order valence-electron chi connectivity index (χ4n) is 2.51. The fraction of sp³-hybridized carbons (Fsp3) is 0.294. The third kappa shape index (κ3) is 3.69. The topological polar surface area (TPSA) is 60.5 Å². The Labute approximate surface area is 129 Å². The number of ether oxygens (including phenoxy) is 1. The van der Waals surface area contributed by atoms with Crippen LogP contribution in [-0.2, 0) is 21.0 Å². The summed E-state index contributed by atoms with van der Waals surface area (Å²) in [5.74, 6) is 0.0256. The molecule has 1 aliphatic heterocycles. The molecule has 1 aromatic heterocycles. The summed E-state index contributed by atoms with van der Waals surface area (Å²) in [7, 11) is 0. The molecule has 1 amide bonds. The number of aromatic nitrogens is 1. The predicted octanol–water partition coefficient (Wildman–Crippen LogP) is 2.20. The molecule has 0 bridgehead atoms. The lowest BCUT2D eigenvalue weighted by molar-refractivity contribution is -0.144. The Kier molecular flexibility index (Phi) is 4.78. The van der Waals surface area contributed by atoms with Gasteiger partial charge in [0.05, 0.1) is 6.61 Å². The number of nitrogens with zero attached hydrogens (tertiary/aromatic N) is 1. The van der Waals surface area contributed by atoms with Crippen molar-refractivity contribution in [2.24, 2.45) is 0 Å². The predicted molar refractivity (Wildman–Crippen MR) is 80.7 cm³/mol. The summed E-state index contributed by atoms with van der Waals surface area (Å²) < 4.78 is 5.58. The van der Waals surface area contributed by atoms with E-state index >= 15 is 0 Å². The minimum Gasteiger partial charge on any atom is -0.368 e. The first-order valence-corrected chi connectivity index (χ1v) is 7.30. The van der Waals surface area contributed by atoms with Crippen molar-refractivity contribution in [2.75, 3.05) is 6.61 Å². The molecule has 2 atom stereocenters. The number of pyridine rings is 1. The molecule has 2 heterocycles. The molecule has 114 valence electrons. The van der Waals surface area contributed by atoms with E-state index in [1.54, 1.807) is 12.4 Å². The number of amides is 1. The number of rotatable bonds is 5. The van der Waals surface area contributed by atoms with E-state index in [4.69, 9.17) is 9.57 Å². The highest BCUT2D eigenvalue weighted by atomic mass is 16.7. The van der Waals surface area contributed by atoms with Crippen LogP contribution >= 0.6 is 0 Å². The summed E-state index contributed by atoms with van der Waals surface area (Å²) in [5.41, 5.74) is 4.56. The van der Waals surface area contributed by atoms with Gasteiger partial charge in [0.2, 0.25) is 0 Å². The normalized spacial score (nSPS) is 20.7. The van der Waals surface area contributed by atoms with Crippen LogP contribution in [0.25, 0.3) is 0 Å². The number of carbonyl (C=O) groups excluding carboxylic acids is 1. The Morgan fingerprint density at radius 1 is 1.27 bits per heavy atom. The van der Waals surface area contributed by atoms with Crippen LogP contribution in [0.5, 0.6) is 0 Å². The Hall–Kier alpha value is -2.24. The van der Waals surface area contributed by atoms with Crippen molar-refractivity contribution < 1.29 is 14.4 Å². The summed E-state index contributed by atoms with van der Waals surface area (Å²) in [6.07, 6.45) is 3.60. The lowest BCUT2D eigenvalue weighted by Crippen LogP contribution is -2.34. The molecule has 22 heavy (non-hydrogen) atoms. The molecule has 5 heteroatoms. The highest BCUT2D eigenvalue weighted by Crippen LogP contribution is 2.29. The van der Waals surface area contributed by atoms with Gasteiger partial charge in [-0.2, -0.15) is 0 Å². The smallest absolute Gasteiger partial charge is 0.272 e. The number of benzene rings is 1. The maximum atomic E-state index is 12.0. The zero-order valence-corrected chi connectivity index (χ0v) is 12.1. The highest BCUT2D eigenvalue weighted by molar-refractivity contribution is 5.80. The van der Waals surface area contributed by atoms with E-state index in [1.807, 2.05) is 30.3 Å². The van der Waals surface area contributed by atoms with Crippen LogP contribution in [0.1, 0.15) is 23.5 Å². The average Bonchev–Trinajstić information content (AvgIpc) is 3.07. The molecule has 5 nitrogen and oxygen atoms in total. The van der Waals surface area contributed by atoms with Gasteiger partial charge in [0.15, 0.2) is 0 Å². The molecule has 0 spiro atoms. The van der Waals surface area contributed by atoms with E-state index in [2.05, 4.69) is 22.6 Å². The van der Waals surface area contributed by atoms with Crippen LogP contribution < -0.4 is 5.48 Å². The van der Waals surface area contributed by atoms with Crippen molar-refractivity contribution >= 4 is 5.91 Å². The van der Waals surface area contributed by atoms with Crippen molar-refractivity contribution in [3.63, 3.8) is 0 Å². The lowest BCUT2D eigenvalue weighted by Gasteiger charge is -2.10. The molecular weight excluding hydrogens is 280 g/mol. The van der Waals surface area contributed by atoms with Crippen LogP contribution in [0.4, 0.5) is 0 Å². The van der Waals surface area contributed by atoms with Gasteiger partial charge in [-0.3, -0.25) is 14.6 Å². The first kappa shape index (κ1) is 14.7. The van der Waals surface area contributed by atoms with Gasteiger partial charge >= 0.3 is 0 Å². The number of hydroxylamine groups is 1. The molecule has 2 aromatic rings. The molecular formula is C17H18N2O3. The van der Waals surface area contributed by atoms with E-state index in [1.165, 1.54) is 5.56 Å². The lowest BCUT2D eigenvalue weighted by atomic mass is 9.96. The van der Waals surface area contributed by atoms with E-state index in [9.17, 15) is 4.79 Å². The Morgan fingerprint density at radius 3 is 2.91 bits per heavy atom. The molecule has 1 fully saturated rings. The van der Waals surface area contributed by atoms with Crippen molar-refractivity contribution in [3.8, 4) is 0 Å². The largest absolute Gasteiger partial charge is 0.368 e. The van der Waals surface area contributed by atoms with Crippen LogP contribution in [-0.4, -0.2) is 23.6 Å². The van der Waals surface area contributed by atoms with Gasteiger partial charge in [0, 0.05) is 18.3 Å². The second-order valence-electron chi connectivity index (χ2n) is 5.28. The van der Waals surface area contributed by atoms with Crippen molar-refractivity contribution in [3.05, 3.63) is 66.0 Å². The van der Waals surface area contributed by atoms with Crippen LogP contribution in [0.2, 0.25) is 0 Å². The van der Waals surface area contributed by atoms with E-state index in [0.717, 1.165) is 5.56 Å². The highest BCUT2D eigenvalue weighted by Gasteiger charge is 2.31. The summed E-state index contributed by atoms with van der Waals surface area (Å²) in [5, 5.41) is 0. The van der Waals surface area contributed by atoms with E-state index < -0.39 is 6.10 Å². The maximum absolute atomic E-state index is 12.0. The van der Waals surface area contributed by atoms with Crippen LogP contribution in [0, 0.1) is 0 Å². The quantitative estimate of drug-likeness (QED) is 0.860. The number of hydrogen-bond donors (Lipinski definition) is 1. The minimum absolute atomic E-state index is 0.234. The monoisotopic (exact) mass is 298 g/mol. The summed E-state index contributed by atoms with van der Waals surface area (Å²) in [4.78, 5) is 21.2. The van der Waals surface area contributed by atoms with E-state index in [0.29, 0.717) is 13.0 Å². The van der Waals surface area contributed by atoms with Crippen molar-refractivity contribution in [2.45, 2.75) is 25.0 Å². The molecule has 1 N–H and O–H groups in total. The zero-order valence-electron chi connectivity index (χ0n) is 12.1. The van der Waals surface area contributed by atoms with Gasteiger partial charge in [0.25, 0.3) is 5.91 Å². The fourth-order valence-corrected chi connectivity index (χ4v) is 2.51. The third-order valence-electron chi connectivity index (χ3n) is 3.69. The third-order valence-corrected chi connectivity index (χ3v) is 3.69. The standard InChI is InChI=1S/C17H18N2O3/c20-17(19-22-11-13-5-4-8-18-10-13)16-9-15(12-21-16)14-6-2-1-3-7-14/h1-8,10,15-16H,9,11-12H2,(H,19,20). The minimum atomic E-state index is -0.459. The first-order chi connectivity index (χ1) is 10.8. The summed E-state index contributed by atoms with van der Waals surface area (Å²) >= 11 is 0. The van der Waals surface area contributed by atoms with Gasteiger partial charge in [-0.15, -0.1) is 0 Å². The van der Waals surface area contributed by atoms with E-state index in [-0.39, 0.29) is 18.4 Å². The molecule has 0 radical (unpaired) electrons. The molecule has 2 unspecified atom stereocenters. The van der Waals surface area contributed by atoms with Crippen molar-refractivity contribution in [1.82, 2.24) is 10.5 Å². The van der Waals surface area contributed by atoms with Gasteiger partial charge in [0.1, 0.15) is 12.7 Å². The van der Waals surface area contributed by atoms with Crippen LogP contribution in [0.15, 0.2) is 54.9 Å². The molecule has 0 saturated carbocycles. The number of carbonyl (C=O) groups is 1. The Bertz CT molecular complexity index is 604. The number of hydrogen-bond acceptors (Lipinski definition) is 4. The summed E-state index contributed by atoms with van der Waals surface area (Å²) in [6, 6.07) is 13.8. The maximum Gasteiger partial charge on any atom is 0.272 e. The second-order valence-corrected chi connectivity index (χ2v) is 5.28. The van der Waals surface area contributed by atoms with Gasteiger partial charge in [-0.05, 0) is 23.6 Å². The van der Waals surface area contributed by atoms with Gasteiger partial charge in [-0.1, -0.05) is 36.4 Å². The zero-order chi connectivity index (χ0) is 15.2. The molecule has 1 aromatic carbocycles. The molecule has 1 saturated heterocycles. The SMILES string of the molecule is O=C(NOCc1cccnc1)C1CC(c2ccccc2)CO1. The van der Waals surface area contributed by atoms with Gasteiger partial charge < -0.3 is 4.74 Å². The molecule has 1 aliphatic rings. The molecule has 0 aliphatic carbocycles. The van der Waals surface area contributed by atoms with Gasteiger partial charge in [-0.25, -0.2) is 5.48 Å². The summed E-state index contributed by atoms with van der Waals surface area (Å²) in [6.45, 7) is 0.846.